The number of hydrogen-bond acceptors (Lipinski definition) is 5. The fourth-order valence-electron chi connectivity index (χ4n) is 2.24. The molecule has 6 heteroatoms. The molecule has 1 heterocycles. The Kier molecular flexibility index (Phi) is 5.33. The summed E-state index contributed by atoms with van der Waals surface area (Å²) in [6.07, 6.45) is 0. The van der Waals surface area contributed by atoms with E-state index in [0.717, 1.165) is 11.3 Å². The number of hydrazine groups is 1. The number of ether oxygens (including phenoxy) is 1. The van der Waals surface area contributed by atoms with Crippen LogP contribution in [0.2, 0.25) is 0 Å². The summed E-state index contributed by atoms with van der Waals surface area (Å²) in [5, 5.41) is 8.84. The van der Waals surface area contributed by atoms with E-state index in [0.29, 0.717) is 18.1 Å². The number of nitrogens with one attached hydrogen (secondary N) is 2. The van der Waals surface area contributed by atoms with Gasteiger partial charge in [-0.05, 0) is 42.0 Å². The number of benzene rings is 2. The highest BCUT2D eigenvalue weighted by atomic mass is 16.5. The summed E-state index contributed by atoms with van der Waals surface area (Å²) >= 11 is 0. The SMILES string of the molecule is O=C(O)c1ccc(COc2cccc(CNNc3ccccc3)c2)o1. The Labute approximate surface area is 145 Å². The van der Waals surface area contributed by atoms with Crippen molar-refractivity contribution in [1.29, 1.82) is 0 Å². The third-order valence-corrected chi connectivity index (χ3v) is 3.45. The molecule has 0 amide bonds. The number of aromatic carboxylic acids is 1. The standard InChI is InChI=1S/C19H18N2O4/c22-19(23)18-10-9-17(25-18)13-24-16-8-4-5-14(11-16)12-20-21-15-6-2-1-3-7-15/h1-11,20-21H,12-13H2,(H,22,23). The summed E-state index contributed by atoms with van der Waals surface area (Å²) in [7, 11) is 0. The quantitative estimate of drug-likeness (QED) is 0.544. The van der Waals surface area contributed by atoms with Gasteiger partial charge in [-0.1, -0.05) is 30.3 Å². The van der Waals surface area contributed by atoms with E-state index in [1.54, 1.807) is 6.07 Å². The zero-order chi connectivity index (χ0) is 17.5. The number of carbonyl (C=O) groups is 1. The van der Waals surface area contributed by atoms with E-state index in [2.05, 4.69) is 10.9 Å². The van der Waals surface area contributed by atoms with E-state index < -0.39 is 5.97 Å². The van der Waals surface area contributed by atoms with Crippen LogP contribution in [0.4, 0.5) is 5.69 Å². The van der Waals surface area contributed by atoms with Gasteiger partial charge in [-0.15, -0.1) is 0 Å². The lowest BCUT2D eigenvalue weighted by atomic mass is 10.2. The van der Waals surface area contributed by atoms with E-state index >= 15 is 0 Å². The molecule has 2 aromatic carbocycles. The van der Waals surface area contributed by atoms with Gasteiger partial charge in [0, 0.05) is 12.2 Å². The summed E-state index contributed by atoms with van der Waals surface area (Å²) in [5.41, 5.74) is 8.30. The molecule has 25 heavy (non-hydrogen) atoms. The van der Waals surface area contributed by atoms with Crippen LogP contribution in [0.15, 0.2) is 71.1 Å². The highest BCUT2D eigenvalue weighted by molar-refractivity contribution is 5.84. The van der Waals surface area contributed by atoms with Crippen LogP contribution in [0.5, 0.6) is 5.75 Å². The van der Waals surface area contributed by atoms with Gasteiger partial charge in [-0.2, -0.15) is 0 Å². The Morgan fingerprint density at radius 1 is 1.04 bits per heavy atom. The van der Waals surface area contributed by atoms with Crippen molar-refractivity contribution in [1.82, 2.24) is 5.43 Å². The minimum Gasteiger partial charge on any atom is -0.486 e. The van der Waals surface area contributed by atoms with Gasteiger partial charge < -0.3 is 19.7 Å². The first-order valence-electron chi connectivity index (χ1n) is 7.78. The van der Waals surface area contributed by atoms with Crippen LogP contribution < -0.4 is 15.6 Å². The maximum atomic E-state index is 10.8. The Hall–Kier alpha value is -3.25. The minimum absolute atomic E-state index is 0.0939. The van der Waals surface area contributed by atoms with Crippen molar-refractivity contribution < 1.29 is 19.1 Å². The molecule has 0 aliphatic heterocycles. The lowest BCUT2D eigenvalue weighted by molar-refractivity contribution is 0.0658. The van der Waals surface area contributed by atoms with Crippen LogP contribution in [-0.2, 0) is 13.2 Å². The molecule has 128 valence electrons. The molecular weight excluding hydrogens is 320 g/mol. The summed E-state index contributed by atoms with van der Waals surface area (Å²) in [4.78, 5) is 10.8. The molecule has 3 N–H and O–H groups in total. The number of rotatable bonds is 8. The number of furan rings is 1. The van der Waals surface area contributed by atoms with E-state index in [-0.39, 0.29) is 12.4 Å². The van der Waals surface area contributed by atoms with Crippen LogP contribution in [-0.4, -0.2) is 11.1 Å². The Balaban J connectivity index is 1.51. The molecule has 1 aromatic heterocycles. The van der Waals surface area contributed by atoms with Crippen molar-refractivity contribution in [2.24, 2.45) is 0 Å². The van der Waals surface area contributed by atoms with Gasteiger partial charge in [-0.3, -0.25) is 0 Å². The summed E-state index contributed by atoms with van der Waals surface area (Å²) < 4.78 is 10.8. The van der Waals surface area contributed by atoms with Crippen molar-refractivity contribution in [2.45, 2.75) is 13.2 Å². The summed E-state index contributed by atoms with van der Waals surface area (Å²) in [5.74, 6) is -0.0345. The predicted molar refractivity (Wildman–Crippen MR) is 93.3 cm³/mol. The van der Waals surface area contributed by atoms with Gasteiger partial charge in [0.15, 0.2) is 0 Å². The third-order valence-electron chi connectivity index (χ3n) is 3.45. The van der Waals surface area contributed by atoms with Crippen molar-refractivity contribution in [2.75, 3.05) is 5.43 Å². The van der Waals surface area contributed by atoms with Crippen molar-refractivity contribution in [3.8, 4) is 5.75 Å². The molecule has 6 nitrogen and oxygen atoms in total. The van der Waals surface area contributed by atoms with Gasteiger partial charge >= 0.3 is 5.97 Å². The number of para-hydroxylation sites is 1. The van der Waals surface area contributed by atoms with Crippen molar-refractivity contribution >= 4 is 11.7 Å². The lowest BCUT2D eigenvalue weighted by Crippen LogP contribution is -2.20. The van der Waals surface area contributed by atoms with Crippen LogP contribution >= 0.6 is 0 Å². The second-order valence-electron chi connectivity index (χ2n) is 5.35. The monoisotopic (exact) mass is 338 g/mol. The Morgan fingerprint density at radius 3 is 2.64 bits per heavy atom. The fourth-order valence-corrected chi connectivity index (χ4v) is 2.24. The lowest BCUT2D eigenvalue weighted by Gasteiger charge is -2.10. The molecule has 0 unspecified atom stereocenters. The molecule has 3 rings (SSSR count). The molecule has 0 atom stereocenters. The average molecular weight is 338 g/mol. The zero-order valence-electron chi connectivity index (χ0n) is 13.4. The second-order valence-corrected chi connectivity index (χ2v) is 5.35. The van der Waals surface area contributed by atoms with E-state index in [1.165, 1.54) is 6.07 Å². The van der Waals surface area contributed by atoms with E-state index in [9.17, 15) is 4.79 Å². The number of carboxylic acids is 1. The highest BCUT2D eigenvalue weighted by Crippen LogP contribution is 2.16. The molecule has 0 saturated heterocycles. The first-order valence-corrected chi connectivity index (χ1v) is 7.78. The van der Waals surface area contributed by atoms with Gasteiger partial charge in [0.2, 0.25) is 5.76 Å². The smallest absolute Gasteiger partial charge is 0.371 e. The highest BCUT2D eigenvalue weighted by Gasteiger charge is 2.09. The fraction of sp³-hybridized carbons (Fsp3) is 0.105. The maximum absolute atomic E-state index is 10.8. The number of hydrogen-bond donors (Lipinski definition) is 3. The molecule has 0 fully saturated rings. The summed E-state index contributed by atoms with van der Waals surface area (Å²) in [6, 6.07) is 20.5. The molecule has 0 spiro atoms. The van der Waals surface area contributed by atoms with Gasteiger partial charge in [0.1, 0.15) is 18.1 Å². The zero-order valence-corrected chi connectivity index (χ0v) is 13.4. The molecular formula is C19H18N2O4. The minimum atomic E-state index is -1.09. The van der Waals surface area contributed by atoms with Crippen LogP contribution in [0.3, 0.4) is 0 Å². The summed E-state index contributed by atoms with van der Waals surface area (Å²) in [6.45, 7) is 0.794. The molecule has 0 radical (unpaired) electrons. The predicted octanol–water partition coefficient (Wildman–Crippen LogP) is 3.67. The van der Waals surface area contributed by atoms with E-state index in [4.69, 9.17) is 14.3 Å². The van der Waals surface area contributed by atoms with Gasteiger partial charge in [-0.25, -0.2) is 10.2 Å². The average Bonchev–Trinajstić information content (AvgIpc) is 3.11. The molecule has 0 aliphatic rings. The molecule has 0 aliphatic carbocycles. The van der Waals surface area contributed by atoms with E-state index in [1.807, 2.05) is 54.6 Å². The Morgan fingerprint density at radius 2 is 1.88 bits per heavy atom. The topological polar surface area (TPSA) is 83.7 Å². The maximum Gasteiger partial charge on any atom is 0.371 e. The first kappa shape index (κ1) is 16.6. The van der Waals surface area contributed by atoms with Gasteiger partial charge in [0.25, 0.3) is 0 Å². The Bertz CT molecular complexity index is 830. The second kappa shape index (κ2) is 8.03. The largest absolute Gasteiger partial charge is 0.486 e. The molecule has 0 bridgehead atoms. The van der Waals surface area contributed by atoms with Crippen molar-refractivity contribution in [3.63, 3.8) is 0 Å². The van der Waals surface area contributed by atoms with Crippen LogP contribution in [0.1, 0.15) is 21.9 Å². The van der Waals surface area contributed by atoms with Crippen LogP contribution in [0, 0.1) is 0 Å². The molecule has 3 aromatic rings. The normalized spacial score (nSPS) is 10.4. The molecule has 0 saturated carbocycles. The first-order chi connectivity index (χ1) is 12.2. The number of anilines is 1. The van der Waals surface area contributed by atoms with Crippen LogP contribution in [0.25, 0.3) is 0 Å². The van der Waals surface area contributed by atoms with Crippen molar-refractivity contribution in [3.05, 3.63) is 83.8 Å². The third kappa shape index (κ3) is 4.86. The van der Waals surface area contributed by atoms with Gasteiger partial charge in [0.05, 0.1) is 0 Å². The number of carboxylic acid groups (broad SMARTS) is 1.